The molecule has 0 aliphatic rings. The monoisotopic (exact) mass is 331 g/mol. The van der Waals surface area contributed by atoms with Gasteiger partial charge in [0.15, 0.2) is 16.5 Å². The van der Waals surface area contributed by atoms with E-state index in [0.29, 0.717) is 0 Å². The molecule has 0 fully saturated rings. The predicted molar refractivity (Wildman–Crippen MR) is 72.3 cm³/mol. The standard InChI is InChI=1S/C12H7ClFNO5S/c13-8-5-6-12(10(7-8)15(16)17)21(18,19)20-11-4-2-1-3-9(11)14/h1-7H. The summed E-state index contributed by atoms with van der Waals surface area (Å²) in [6, 6.07) is 7.77. The lowest BCUT2D eigenvalue weighted by Crippen LogP contribution is -2.12. The molecular weight excluding hydrogens is 325 g/mol. The van der Waals surface area contributed by atoms with E-state index in [1.54, 1.807) is 0 Å². The number of halogens is 2. The van der Waals surface area contributed by atoms with Crippen molar-refractivity contribution in [3.05, 3.63) is 63.4 Å². The van der Waals surface area contributed by atoms with Gasteiger partial charge in [-0.1, -0.05) is 23.7 Å². The van der Waals surface area contributed by atoms with E-state index < -0.39 is 37.2 Å². The molecule has 9 heteroatoms. The van der Waals surface area contributed by atoms with Gasteiger partial charge in [-0.25, -0.2) is 4.39 Å². The van der Waals surface area contributed by atoms with E-state index >= 15 is 0 Å². The first-order valence-corrected chi connectivity index (χ1v) is 7.23. The Bertz CT molecular complexity index is 809. The fraction of sp³-hybridized carbons (Fsp3) is 0. The van der Waals surface area contributed by atoms with Crippen LogP contribution >= 0.6 is 11.6 Å². The van der Waals surface area contributed by atoms with E-state index in [4.69, 9.17) is 11.6 Å². The average molecular weight is 332 g/mol. The molecular formula is C12H7ClFNO5S. The third-order valence-corrected chi connectivity index (χ3v) is 3.94. The van der Waals surface area contributed by atoms with Gasteiger partial charge in [-0.3, -0.25) is 10.1 Å². The van der Waals surface area contributed by atoms with Crippen LogP contribution in [0.15, 0.2) is 47.4 Å². The zero-order chi connectivity index (χ0) is 15.6. The molecule has 0 saturated carbocycles. The van der Waals surface area contributed by atoms with Crippen molar-refractivity contribution in [3.63, 3.8) is 0 Å². The Kier molecular flexibility index (Phi) is 4.10. The fourth-order valence-corrected chi connectivity index (χ4v) is 2.77. The average Bonchev–Trinajstić information content (AvgIpc) is 2.40. The van der Waals surface area contributed by atoms with Gasteiger partial charge in [0, 0.05) is 11.1 Å². The van der Waals surface area contributed by atoms with Crippen LogP contribution in [0.25, 0.3) is 0 Å². The van der Waals surface area contributed by atoms with Gasteiger partial charge < -0.3 is 4.18 Å². The van der Waals surface area contributed by atoms with Crippen molar-refractivity contribution in [2.75, 3.05) is 0 Å². The van der Waals surface area contributed by atoms with Crippen molar-refractivity contribution in [2.24, 2.45) is 0 Å². The smallest absolute Gasteiger partial charge is 0.346 e. The summed E-state index contributed by atoms with van der Waals surface area (Å²) < 4.78 is 42.1. The molecule has 0 spiro atoms. The van der Waals surface area contributed by atoms with Crippen molar-refractivity contribution in [2.45, 2.75) is 4.90 Å². The van der Waals surface area contributed by atoms with Crippen LogP contribution in [-0.4, -0.2) is 13.3 Å². The third-order valence-electron chi connectivity index (χ3n) is 2.42. The largest absolute Gasteiger partial charge is 0.376 e. The highest BCUT2D eigenvalue weighted by Gasteiger charge is 2.28. The van der Waals surface area contributed by atoms with Crippen LogP contribution in [-0.2, 0) is 10.1 Å². The van der Waals surface area contributed by atoms with Crippen molar-refractivity contribution in [1.29, 1.82) is 0 Å². The minimum absolute atomic E-state index is 0.00783. The minimum atomic E-state index is -4.57. The van der Waals surface area contributed by atoms with Crippen LogP contribution in [0.4, 0.5) is 10.1 Å². The van der Waals surface area contributed by atoms with Gasteiger partial charge in [-0.2, -0.15) is 8.42 Å². The Balaban J connectivity index is 2.50. The number of nitrogens with zero attached hydrogens (tertiary/aromatic N) is 1. The lowest BCUT2D eigenvalue weighted by atomic mass is 10.3. The Labute approximate surface area is 124 Å². The zero-order valence-electron chi connectivity index (χ0n) is 10.2. The van der Waals surface area contributed by atoms with Crippen molar-refractivity contribution in [1.82, 2.24) is 0 Å². The lowest BCUT2D eigenvalue weighted by molar-refractivity contribution is -0.387. The molecule has 0 atom stereocenters. The molecule has 0 amide bonds. The molecule has 0 saturated heterocycles. The highest BCUT2D eigenvalue weighted by atomic mass is 35.5. The number of hydrogen-bond donors (Lipinski definition) is 0. The molecule has 0 bridgehead atoms. The molecule has 0 unspecified atom stereocenters. The number of hydrogen-bond acceptors (Lipinski definition) is 5. The maximum absolute atomic E-state index is 13.4. The van der Waals surface area contributed by atoms with Gasteiger partial charge >= 0.3 is 10.1 Å². The third kappa shape index (κ3) is 3.29. The molecule has 2 aromatic carbocycles. The molecule has 0 aliphatic carbocycles. The van der Waals surface area contributed by atoms with Crippen molar-refractivity contribution < 1.29 is 21.9 Å². The summed E-state index contributed by atoms with van der Waals surface area (Å²) in [6.45, 7) is 0. The van der Waals surface area contributed by atoms with Gasteiger partial charge in [-0.05, 0) is 24.3 Å². The number of para-hydroxylation sites is 1. The fourth-order valence-electron chi connectivity index (χ4n) is 1.52. The first-order chi connectivity index (χ1) is 9.81. The molecule has 0 radical (unpaired) electrons. The maximum atomic E-state index is 13.4. The summed E-state index contributed by atoms with van der Waals surface area (Å²) in [7, 11) is -4.57. The summed E-state index contributed by atoms with van der Waals surface area (Å²) in [5.41, 5.74) is -0.751. The van der Waals surface area contributed by atoms with Gasteiger partial charge in [0.2, 0.25) is 0 Å². The van der Waals surface area contributed by atoms with E-state index in [1.807, 2.05) is 0 Å². The second kappa shape index (κ2) is 5.66. The highest BCUT2D eigenvalue weighted by Crippen LogP contribution is 2.30. The first-order valence-electron chi connectivity index (χ1n) is 5.44. The highest BCUT2D eigenvalue weighted by molar-refractivity contribution is 7.87. The second-order valence-electron chi connectivity index (χ2n) is 3.84. The molecule has 0 aliphatic heterocycles. The minimum Gasteiger partial charge on any atom is -0.376 e. The van der Waals surface area contributed by atoms with Crippen LogP contribution < -0.4 is 4.18 Å². The number of nitro benzene ring substituents is 1. The Morgan fingerprint density at radius 2 is 1.86 bits per heavy atom. The normalized spacial score (nSPS) is 11.1. The van der Waals surface area contributed by atoms with Crippen molar-refractivity contribution in [3.8, 4) is 5.75 Å². The SMILES string of the molecule is O=[N+]([O-])c1cc(Cl)ccc1S(=O)(=O)Oc1ccccc1F. The zero-order valence-corrected chi connectivity index (χ0v) is 11.8. The summed E-state index contributed by atoms with van der Waals surface area (Å²) in [5, 5.41) is 10.9. The van der Waals surface area contributed by atoms with Crippen LogP contribution in [0.3, 0.4) is 0 Å². The van der Waals surface area contributed by atoms with Crippen molar-refractivity contribution >= 4 is 27.4 Å². The number of benzene rings is 2. The van der Waals surface area contributed by atoms with Gasteiger partial charge in [-0.15, -0.1) is 0 Å². The van der Waals surface area contributed by atoms with Crippen LogP contribution in [0.1, 0.15) is 0 Å². The topological polar surface area (TPSA) is 86.5 Å². The van der Waals surface area contributed by atoms with E-state index in [2.05, 4.69) is 4.18 Å². The molecule has 0 N–H and O–H groups in total. The summed E-state index contributed by atoms with van der Waals surface area (Å²) in [5.74, 6) is -1.46. The van der Waals surface area contributed by atoms with E-state index in [0.717, 1.165) is 30.3 Å². The number of rotatable bonds is 4. The summed E-state index contributed by atoms with van der Waals surface area (Å²) in [4.78, 5) is 9.27. The number of nitro groups is 1. The summed E-state index contributed by atoms with van der Waals surface area (Å²) >= 11 is 5.60. The molecule has 110 valence electrons. The molecule has 21 heavy (non-hydrogen) atoms. The molecule has 6 nitrogen and oxygen atoms in total. The van der Waals surface area contributed by atoms with Crippen LogP contribution in [0.5, 0.6) is 5.75 Å². The molecule has 0 heterocycles. The van der Waals surface area contributed by atoms with E-state index in [-0.39, 0.29) is 5.02 Å². The van der Waals surface area contributed by atoms with Gasteiger partial charge in [0.25, 0.3) is 5.69 Å². The van der Waals surface area contributed by atoms with Gasteiger partial charge in [0.05, 0.1) is 4.92 Å². The first kappa shape index (κ1) is 15.2. The Hall–Kier alpha value is -2.19. The van der Waals surface area contributed by atoms with E-state index in [1.165, 1.54) is 12.1 Å². The van der Waals surface area contributed by atoms with E-state index in [9.17, 15) is 22.9 Å². The second-order valence-corrected chi connectivity index (χ2v) is 5.79. The molecule has 2 rings (SSSR count). The van der Waals surface area contributed by atoms with Gasteiger partial charge in [0.1, 0.15) is 0 Å². The quantitative estimate of drug-likeness (QED) is 0.488. The Morgan fingerprint density at radius 1 is 1.19 bits per heavy atom. The molecule has 0 aromatic heterocycles. The maximum Gasteiger partial charge on any atom is 0.346 e. The predicted octanol–water partition coefficient (Wildman–Crippen LogP) is 3.16. The van der Waals surface area contributed by atoms with Crippen LogP contribution in [0, 0.1) is 15.9 Å². The summed E-state index contributed by atoms with van der Waals surface area (Å²) in [6.07, 6.45) is 0. The van der Waals surface area contributed by atoms with Crippen LogP contribution in [0.2, 0.25) is 5.02 Å². The lowest BCUT2D eigenvalue weighted by Gasteiger charge is -2.08. The Morgan fingerprint density at radius 3 is 2.48 bits per heavy atom. The molecule has 2 aromatic rings.